The molecule has 0 aromatic carbocycles. The van der Waals surface area contributed by atoms with E-state index in [1.54, 1.807) is 13.8 Å². The van der Waals surface area contributed by atoms with Crippen LogP contribution in [0.5, 0.6) is 0 Å². The third-order valence-electron chi connectivity index (χ3n) is 4.76. The van der Waals surface area contributed by atoms with E-state index < -0.39 is 24.0 Å². The van der Waals surface area contributed by atoms with Crippen molar-refractivity contribution in [3.05, 3.63) is 29.6 Å². The fourth-order valence-electron chi connectivity index (χ4n) is 3.01. The lowest BCUT2D eigenvalue weighted by molar-refractivity contribution is -0.140. The van der Waals surface area contributed by atoms with E-state index in [4.69, 9.17) is 16.1 Å². The van der Waals surface area contributed by atoms with E-state index in [0.29, 0.717) is 39.3 Å². The second-order valence-electron chi connectivity index (χ2n) is 6.54. The smallest absolute Gasteiger partial charge is 0.378 e. The minimum atomic E-state index is -0.487. The third kappa shape index (κ3) is 6.05. The Morgan fingerprint density at radius 1 is 1.00 bits per heavy atom. The summed E-state index contributed by atoms with van der Waals surface area (Å²) in [6, 6.07) is 4.74. The van der Waals surface area contributed by atoms with Gasteiger partial charge in [0.25, 0.3) is 0 Å². The zero-order valence-corrected chi connectivity index (χ0v) is 15.8. The lowest BCUT2D eigenvalue weighted by Crippen LogP contribution is -2.46. The normalized spacial score (nSPS) is 19.2. The van der Waals surface area contributed by atoms with Crippen molar-refractivity contribution < 1.29 is 18.9 Å². The molecule has 1 aliphatic heterocycles. The van der Waals surface area contributed by atoms with Crippen LogP contribution in [0.1, 0.15) is 25.2 Å². The summed E-state index contributed by atoms with van der Waals surface area (Å²) in [5.74, 6) is -0.975. The maximum absolute atomic E-state index is 11.8. The Morgan fingerprint density at radius 3 is 1.85 bits per heavy atom. The Balaban J connectivity index is 2.22. The highest BCUT2D eigenvalue weighted by molar-refractivity contribution is 6.06. The summed E-state index contributed by atoms with van der Waals surface area (Å²) in [5, 5.41) is 3.33. The molecule has 0 saturated carbocycles. The molecule has 1 aromatic rings. The van der Waals surface area contributed by atoms with Crippen LogP contribution in [0.25, 0.3) is 0 Å². The quantitative estimate of drug-likeness (QED) is 0.699. The number of carbonyl (C=O) groups excluding carboxylic acids is 2. The fourth-order valence-corrected chi connectivity index (χ4v) is 3.01. The highest BCUT2D eigenvalue weighted by atomic mass is 16.5. The first kappa shape index (κ1) is 21.4. The van der Waals surface area contributed by atoms with Gasteiger partial charge in [-0.1, -0.05) is 6.07 Å². The SMILES string of the molecule is [B]OC(=O)C(C)N1CCNCCN(C(C)C(=O)O[B])Cc2cccc(n2)C1. The third-order valence-corrected chi connectivity index (χ3v) is 4.76. The largest absolute Gasteiger partial charge is 0.542 e. The standard InChI is InChI=1S/C17H24B2N4O4/c1-12(16(24)26-18)22-8-6-20-7-9-23(13(2)17(25)27-19)11-15-5-3-4-14(10-22)21-15/h3-5,12-13,20H,6-11H2,1-2H3. The minimum Gasteiger partial charge on any atom is -0.542 e. The molecule has 0 spiro atoms. The highest BCUT2D eigenvalue weighted by Gasteiger charge is 2.24. The first-order valence-corrected chi connectivity index (χ1v) is 8.91. The monoisotopic (exact) mass is 370 g/mol. The molecule has 0 aliphatic carbocycles. The van der Waals surface area contributed by atoms with Crippen molar-refractivity contribution in [2.45, 2.75) is 39.0 Å². The van der Waals surface area contributed by atoms with Gasteiger partial charge in [-0.2, -0.15) is 0 Å². The molecular formula is C17H24B2N4O4. The maximum atomic E-state index is 11.8. The predicted octanol–water partition coefficient (Wildman–Crippen LogP) is -0.681. The van der Waals surface area contributed by atoms with Crippen LogP contribution in [0.3, 0.4) is 0 Å². The van der Waals surface area contributed by atoms with E-state index in [9.17, 15) is 9.59 Å². The summed E-state index contributed by atoms with van der Waals surface area (Å²) in [4.78, 5) is 32.3. The molecular weight excluding hydrogens is 346 g/mol. The molecule has 1 N–H and O–H groups in total. The van der Waals surface area contributed by atoms with Gasteiger partial charge in [-0.25, -0.2) is 0 Å². The highest BCUT2D eigenvalue weighted by Crippen LogP contribution is 2.12. The molecule has 4 radical (unpaired) electrons. The Labute approximate surface area is 162 Å². The molecule has 27 heavy (non-hydrogen) atoms. The van der Waals surface area contributed by atoms with Crippen molar-refractivity contribution in [1.82, 2.24) is 20.1 Å². The molecule has 2 bridgehead atoms. The molecule has 142 valence electrons. The minimum absolute atomic E-state index is 0.478. The summed E-state index contributed by atoms with van der Waals surface area (Å²) >= 11 is 0. The molecule has 10 heteroatoms. The van der Waals surface area contributed by atoms with Crippen molar-refractivity contribution in [3.8, 4) is 0 Å². The second kappa shape index (κ2) is 10.4. The average molecular weight is 370 g/mol. The molecule has 1 aliphatic rings. The van der Waals surface area contributed by atoms with Crippen LogP contribution in [-0.4, -0.2) is 81.1 Å². The van der Waals surface area contributed by atoms with Gasteiger partial charge in [0.1, 0.15) is 12.1 Å². The topological polar surface area (TPSA) is 84.0 Å². The number of nitrogens with zero attached hydrogens (tertiary/aromatic N) is 3. The van der Waals surface area contributed by atoms with Crippen LogP contribution in [0.15, 0.2) is 18.2 Å². The van der Waals surface area contributed by atoms with Gasteiger partial charge in [-0.05, 0) is 26.0 Å². The second-order valence-corrected chi connectivity index (χ2v) is 6.54. The van der Waals surface area contributed by atoms with Gasteiger partial charge < -0.3 is 14.6 Å². The molecule has 8 nitrogen and oxygen atoms in total. The van der Waals surface area contributed by atoms with Crippen LogP contribution >= 0.6 is 0 Å². The number of carbonyl (C=O) groups is 2. The van der Waals surface area contributed by atoms with Crippen molar-refractivity contribution in [3.63, 3.8) is 0 Å². The van der Waals surface area contributed by atoms with Crippen LogP contribution in [0, 0.1) is 0 Å². The molecule has 1 aromatic heterocycles. The molecule has 2 rings (SSSR count). The van der Waals surface area contributed by atoms with E-state index >= 15 is 0 Å². The van der Waals surface area contributed by atoms with Crippen LogP contribution in [0.4, 0.5) is 0 Å². The Bertz CT molecular complexity index is 600. The molecule has 0 saturated heterocycles. The molecule has 2 heterocycles. The number of pyridine rings is 1. The first-order chi connectivity index (χ1) is 13.0. The van der Waals surface area contributed by atoms with E-state index in [-0.39, 0.29) is 0 Å². The van der Waals surface area contributed by atoms with Crippen LogP contribution in [0.2, 0.25) is 0 Å². The van der Waals surface area contributed by atoms with Gasteiger partial charge in [0.2, 0.25) is 0 Å². The zero-order chi connectivity index (χ0) is 19.8. The first-order valence-electron chi connectivity index (χ1n) is 8.91. The molecule has 2 atom stereocenters. The summed E-state index contributed by atoms with van der Waals surface area (Å²) in [6.45, 7) is 7.01. The number of rotatable bonds is 4. The van der Waals surface area contributed by atoms with Gasteiger partial charge in [0.05, 0.1) is 11.4 Å². The summed E-state index contributed by atoms with van der Waals surface area (Å²) in [5.41, 5.74) is 1.64. The van der Waals surface area contributed by atoms with Crippen LogP contribution < -0.4 is 5.32 Å². The number of fused-ring (bicyclic) bond motifs is 2. The van der Waals surface area contributed by atoms with Crippen molar-refractivity contribution in [2.75, 3.05) is 26.2 Å². The van der Waals surface area contributed by atoms with Gasteiger partial charge in [0, 0.05) is 39.3 Å². The zero-order valence-electron chi connectivity index (χ0n) is 15.8. The fraction of sp³-hybridized carbons (Fsp3) is 0.588. The van der Waals surface area contributed by atoms with Crippen LogP contribution in [-0.2, 0) is 32.0 Å². The number of aromatic nitrogens is 1. The number of hydrogen-bond donors (Lipinski definition) is 1. The van der Waals surface area contributed by atoms with Gasteiger partial charge in [-0.3, -0.25) is 24.4 Å². The Kier molecular flexibility index (Phi) is 8.27. The summed E-state index contributed by atoms with van der Waals surface area (Å²) in [6.07, 6.45) is 0. The number of hydrogen-bond acceptors (Lipinski definition) is 8. The predicted molar refractivity (Wildman–Crippen MR) is 101 cm³/mol. The van der Waals surface area contributed by atoms with Crippen molar-refractivity contribution in [2.24, 2.45) is 0 Å². The Morgan fingerprint density at radius 2 is 1.44 bits per heavy atom. The summed E-state index contributed by atoms with van der Waals surface area (Å²) < 4.78 is 8.77. The van der Waals surface area contributed by atoms with E-state index in [0.717, 1.165) is 11.4 Å². The van der Waals surface area contributed by atoms with Crippen molar-refractivity contribution in [1.29, 1.82) is 0 Å². The lowest BCUT2D eigenvalue weighted by Gasteiger charge is -2.30. The number of nitrogens with one attached hydrogen (secondary N) is 1. The van der Waals surface area contributed by atoms with Gasteiger partial charge in [0.15, 0.2) is 0 Å². The summed E-state index contributed by atoms with van der Waals surface area (Å²) in [7, 11) is 10.1. The van der Waals surface area contributed by atoms with Crippen molar-refractivity contribution >= 4 is 28.0 Å². The maximum Gasteiger partial charge on any atom is 0.378 e. The van der Waals surface area contributed by atoms with E-state index in [2.05, 4.69) is 19.6 Å². The van der Waals surface area contributed by atoms with Gasteiger partial charge >= 0.3 is 28.0 Å². The molecule has 2 unspecified atom stereocenters. The lowest BCUT2D eigenvalue weighted by atomic mass is 10.2. The van der Waals surface area contributed by atoms with Gasteiger partial charge in [-0.15, -0.1) is 0 Å². The molecule has 0 amide bonds. The van der Waals surface area contributed by atoms with E-state index in [1.807, 2.05) is 28.0 Å². The average Bonchev–Trinajstić information content (AvgIpc) is 2.68. The van der Waals surface area contributed by atoms with E-state index in [1.165, 1.54) is 0 Å². The molecule has 0 fully saturated rings. The Hall–Kier alpha value is -1.90.